The van der Waals surface area contributed by atoms with Crippen molar-refractivity contribution in [2.24, 2.45) is 5.41 Å². The van der Waals surface area contributed by atoms with Crippen molar-refractivity contribution in [3.05, 3.63) is 35.2 Å². The SMILES string of the molecule is CC1(Cc2csc3ccccc23)CNC1. The lowest BCUT2D eigenvalue weighted by Gasteiger charge is -2.39. The van der Waals surface area contributed by atoms with Crippen LogP contribution in [-0.4, -0.2) is 13.1 Å². The minimum Gasteiger partial charge on any atom is -0.316 e. The Hall–Kier alpha value is -0.860. The maximum atomic E-state index is 3.37. The number of benzene rings is 1. The number of nitrogens with one attached hydrogen (secondary N) is 1. The van der Waals surface area contributed by atoms with Gasteiger partial charge in [-0.3, -0.25) is 0 Å². The second-order valence-electron chi connectivity index (χ2n) is 4.85. The van der Waals surface area contributed by atoms with Crippen molar-refractivity contribution in [1.29, 1.82) is 0 Å². The smallest absolute Gasteiger partial charge is 0.0345 e. The molecule has 0 amide bonds. The molecule has 78 valence electrons. The van der Waals surface area contributed by atoms with Crippen molar-refractivity contribution in [2.45, 2.75) is 13.3 Å². The molecule has 2 aromatic rings. The number of hydrogen-bond acceptors (Lipinski definition) is 2. The molecule has 2 heterocycles. The lowest BCUT2D eigenvalue weighted by atomic mass is 9.78. The van der Waals surface area contributed by atoms with Crippen molar-refractivity contribution < 1.29 is 0 Å². The molecule has 0 radical (unpaired) electrons. The quantitative estimate of drug-likeness (QED) is 0.815. The molecule has 0 spiro atoms. The van der Waals surface area contributed by atoms with Gasteiger partial charge >= 0.3 is 0 Å². The number of thiophene rings is 1. The summed E-state index contributed by atoms with van der Waals surface area (Å²) < 4.78 is 1.42. The van der Waals surface area contributed by atoms with Gasteiger partial charge in [0.15, 0.2) is 0 Å². The predicted molar refractivity (Wildman–Crippen MR) is 66.5 cm³/mol. The average Bonchev–Trinajstić information content (AvgIpc) is 2.60. The Labute approximate surface area is 94.1 Å². The molecule has 0 aliphatic carbocycles. The van der Waals surface area contributed by atoms with Crippen molar-refractivity contribution in [3.63, 3.8) is 0 Å². The Kier molecular flexibility index (Phi) is 2.08. The van der Waals surface area contributed by atoms with Crippen LogP contribution < -0.4 is 5.32 Å². The third kappa shape index (κ3) is 1.58. The van der Waals surface area contributed by atoms with E-state index in [1.54, 1.807) is 0 Å². The highest BCUT2D eigenvalue weighted by atomic mass is 32.1. The molecule has 1 N–H and O–H groups in total. The van der Waals surface area contributed by atoms with Crippen LogP contribution in [0.4, 0.5) is 0 Å². The van der Waals surface area contributed by atoms with E-state index in [9.17, 15) is 0 Å². The van der Waals surface area contributed by atoms with E-state index < -0.39 is 0 Å². The first-order chi connectivity index (χ1) is 7.27. The van der Waals surface area contributed by atoms with E-state index in [1.165, 1.54) is 22.1 Å². The van der Waals surface area contributed by atoms with E-state index >= 15 is 0 Å². The van der Waals surface area contributed by atoms with Crippen molar-refractivity contribution in [3.8, 4) is 0 Å². The Morgan fingerprint density at radius 2 is 2.13 bits per heavy atom. The van der Waals surface area contributed by atoms with E-state index in [4.69, 9.17) is 0 Å². The fourth-order valence-electron chi connectivity index (χ4n) is 2.31. The third-order valence-electron chi connectivity index (χ3n) is 3.28. The monoisotopic (exact) mass is 217 g/mol. The van der Waals surface area contributed by atoms with Gasteiger partial charge < -0.3 is 5.32 Å². The molecule has 0 bridgehead atoms. The molecule has 15 heavy (non-hydrogen) atoms. The number of rotatable bonds is 2. The van der Waals surface area contributed by atoms with Gasteiger partial charge in [-0.05, 0) is 34.2 Å². The van der Waals surface area contributed by atoms with E-state index in [1.807, 2.05) is 11.3 Å². The van der Waals surface area contributed by atoms with Crippen LogP contribution >= 0.6 is 11.3 Å². The summed E-state index contributed by atoms with van der Waals surface area (Å²) in [4.78, 5) is 0. The normalized spacial score (nSPS) is 19.0. The lowest BCUT2D eigenvalue weighted by Crippen LogP contribution is -2.52. The Morgan fingerprint density at radius 1 is 1.33 bits per heavy atom. The molecule has 1 aliphatic heterocycles. The highest BCUT2D eigenvalue weighted by Crippen LogP contribution is 2.33. The van der Waals surface area contributed by atoms with Crippen LogP contribution in [-0.2, 0) is 6.42 Å². The maximum absolute atomic E-state index is 3.37. The van der Waals surface area contributed by atoms with E-state index in [2.05, 4.69) is 41.9 Å². The van der Waals surface area contributed by atoms with Crippen LogP contribution in [0.1, 0.15) is 12.5 Å². The highest BCUT2D eigenvalue weighted by molar-refractivity contribution is 7.17. The van der Waals surface area contributed by atoms with Crippen molar-refractivity contribution in [2.75, 3.05) is 13.1 Å². The zero-order valence-electron chi connectivity index (χ0n) is 8.92. The molecule has 1 fully saturated rings. The summed E-state index contributed by atoms with van der Waals surface area (Å²) >= 11 is 1.87. The van der Waals surface area contributed by atoms with Crippen LogP contribution in [0.3, 0.4) is 0 Å². The van der Waals surface area contributed by atoms with Crippen molar-refractivity contribution >= 4 is 21.4 Å². The van der Waals surface area contributed by atoms with Gasteiger partial charge in [-0.25, -0.2) is 0 Å². The van der Waals surface area contributed by atoms with Gasteiger partial charge in [0, 0.05) is 17.8 Å². The topological polar surface area (TPSA) is 12.0 Å². The second kappa shape index (κ2) is 3.32. The molecular weight excluding hydrogens is 202 g/mol. The molecule has 1 nitrogen and oxygen atoms in total. The molecular formula is C13H15NS. The summed E-state index contributed by atoms with van der Waals surface area (Å²) in [6.07, 6.45) is 1.21. The standard InChI is InChI=1S/C13H15NS/c1-13(8-14-9-13)6-10-7-15-12-5-3-2-4-11(10)12/h2-5,7,14H,6,8-9H2,1H3. The summed E-state index contributed by atoms with van der Waals surface area (Å²) in [5, 5.41) is 7.15. The molecule has 0 saturated carbocycles. The first-order valence-corrected chi connectivity index (χ1v) is 6.31. The molecule has 1 aromatic heterocycles. The summed E-state index contributed by atoms with van der Waals surface area (Å²) in [6.45, 7) is 4.70. The van der Waals surface area contributed by atoms with Gasteiger partial charge in [-0.1, -0.05) is 25.1 Å². The van der Waals surface area contributed by atoms with Crippen molar-refractivity contribution in [1.82, 2.24) is 5.32 Å². The van der Waals surface area contributed by atoms with Gasteiger partial charge in [0.05, 0.1) is 0 Å². The van der Waals surface area contributed by atoms with E-state index in [0.29, 0.717) is 5.41 Å². The Morgan fingerprint density at radius 3 is 2.87 bits per heavy atom. The molecule has 1 aromatic carbocycles. The van der Waals surface area contributed by atoms with Gasteiger partial charge in [0.2, 0.25) is 0 Å². The molecule has 0 atom stereocenters. The van der Waals surface area contributed by atoms with E-state index in [-0.39, 0.29) is 0 Å². The Bertz CT molecular complexity index is 482. The average molecular weight is 217 g/mol. The summed E-state index contributed by atoms with van der Waals surface area (Å²) in [5.74, 6) is 0. The van der Waals surface area contributed by atoms with Gasteiger partial charge in [-0.2, -0.15) is 0 Å². The van der Waals surface area contributed by atoms with Crippen LogP contribution in [0.2, 0.25) is 0 Å². The lowest BCUT2D eigenvalue weighted by molar-refractivity contribution is 0.196. The second-order valence-corrected chi connectivity index (χ2v) is 5.76. The fraction of sp³-hybridized carbons (Fsp3) is 0.385. The van der Waals surface area contributed by atoms with Gasteiger partial charge in [-0.15, -0.1) is 11.3 Å². The van der Waals surface area contributed by atoms with Crippen LogP contribution in [0.25, 0.3) is 10.1 Å². The first kappa shape index (κ1) is 9.37. The number of hydrogen-bond donors (Lipinski definition) is 1. The molecule has 3 rings (SSSR count). The molecule has 0 unspecified atom stereocenters. The van der Waals surface area contributed by atoms with Crippen LogP contribution in [0, 0.1) is 5.41 Å². The summed E-state index contributed by atoms with van der Waals surface area (Å²) in [6, 6.07) is 8.72. The van der Waals surface area contributed by atoms with Gasteiger partial charge in [0.1, 0.15) is 0 Å². The minimum absolute atomic E-state index is 0.490. The molecule has 2 heteroatoms. The Balaban J connectivity index is 1.97. The first-order valence-electron chi connectivity index (χ1n) is 5.43. The number of fused-ring (bicyclic) bond motifs is 1. The largest absolute Gasteiger partial charge is 0.316 e. The predicted octanol–water partition coefficient (Wildman–Crippen LogP) is 3.05. The zero-order valence-corrected chi connectivity index (χ0v) is 9.73. The minimum atomic E-state index is 0.490. The fourth-order valence-corrected chi connectivity index (χ4v) is 3.27. The van der Waals surface area contributed by atoms with Crippen LogP contribution in [0.5, 0.6) is 0 Å². The summed E-state index contributed by atoms with van der Waals surface area (Å²) in [7, 11) is 0. The van der Waals surface area contributed by atoms with Gasteiger partial charge in [0.25, 0.3) is 0 Å². The summed E-state index contributed by atoms with van der Waals surface area (Å²) in [5.41, 5.74) is 2.02. The zero-order chi connectivity index (χ0) is 10.3. The van der Waals surface area contributed by atoms with Crippen LogP contribution in [0.15, 0.2) is 29.6 Å². The highest BCUT2D eigenvalue weighted by Gasteiger charge is 2.32. The molecule has 1 aliphatic rings. The maximum Gasteiger partial charge on any atom is 0.0345 e. The third-order valence-corrected chi connectivity index (χ3v) is 4.29. The molecule has 1 saturated heterocycles. The van der Waals surface area contributed by atoms with E-state index in [0.717, 1.165) is 13.1 Å².